The second-order valence-electron chi connectivity index (χ2n) is 2.32. The van der Waals surface area contributed by atoms with Crippen LogP contribution in [0.5, 0.6) is 0 Å². The van der Waals surface area contributed by atoms with Crippen molar-refractivity contribution in [2.75, 3.05) is 0 Å². The lowest BCUT2D eigenvalue weighted by molar-refractivity contribution is -0.376. The highest BCUT2D eigenvalue weighted by molar-refractivity contribution is 7.26. The molecule has 0 rings (SSSR count). The summed E-state index contributed by atoms with van der Waals surface area (Å²) in [6.07, 6.45) is -24.3. The molecule has 0 aromatic carbocycles. The van der Waals surface area contributed by atoms with Crippen LogP contribution < -0.4 is 0 Å². The summed E-state index contributed by atoms with van der Waals surface area (Å²) in [5, 5.41) is 0. The van der Waals surface area contributed by atoms with Gasteiger partial charge in [0.2, 0.25) is 0 Å². The van der Waals surface area contributed by atoms with E-state index >= 15 is 0 Å². The zero-order valence-electron chi connectivity index (χ0n) is 7.10. The fourth-order valence-electron chi connectivity index (χ4n) is 0.241. The van der Waals surface area contributed by atoms with Crippen LogP contribution in [0.15, 0.2) is 0 Å². The molecule has 0 amide bonds. The average molecular weight is 302 g/mol. The highest BCUT2D eigenvalue weighted by Crippen LogP contribution is 2.45. The molecule has 0 aliphatic heterocycles. The molecule has 0 fully saturated rings. The van der Waals surface area contributed by atoms with Crippen LogP contribution in [0.2, 0.25) is 0 Å². The summed E-state index contributed by atoms with van der Waals surface area (Å²) in [6.45, 7) is 0. The van der Waals surface area contributed by atoms with Gasteiger partial charge in [-0.15, -0.1) is 0 Å². The van der Waals surface area contributed by atoms with Crippen molar-refractivity contribution in [3.8, 4) is 0 Å². The fraction of sp³-hybridized carbons (Fsp3) is 1.00. The average Bonchev–Trinajstić information content (AvgIpc) is 1.98. The van der Waals surface area contributed by atoms with Gasteiger partial charge in [0.15, 0.2) is 9.03 Å². The number of halogens is 10. The molecule has 0 aromatic rings. The molecule has 0 saturated heterocycles. The van der Waals surface area contributed by atoms with Gasteiger partial charge in [-0.1, -0.05) is 0 Å². The van der Waals surface area contributed by atoms with Gasteiger partial charge >= 0.3 is 24.6 Å². The molecule has 0 aromatic heterocycles. The Hall–Kier alpha value is -0.350. The standard InChI is InChI=1S/C4HF10O2P/c5-1(6,7)3(11,12)15-17-16-4(13,14)2(8,9)10/h17H. The lowest BCUT2D eigenvalue weighted by Crippen LogP contribution is -2.39. The molecule has 0 N–H and O–H groups in total. The Morgan fingerprint density at radius 3 is 0.941 bits per heavy atom. The molecular formula is C4HF10O2P. The normalized spacial score (nSPS) is 15.2. The molecule has 0 bridgehead atoms. The van der Waals surface area contributed by atoms with E-state index in [1.54, 1.807) is 0 Å². The predicted molar refractivity (Wildman–Crippen MR) is 32.5 cm³/mol. The SMILES string of the molecule is FC(F)(F)C(F)(F)OPOC(F)(F)C(F)(F)F. The molecule has 104 valence electrons. The first-order chi connectivity index (χ1) is 7.21. The van der Waals surface area contributed by atoms with Crippen LogP contribution in [-0.2, 0) is 9.05 Å². The molecule has 0 heterocycles. The zero-order valence-corrected chi connectivity index (χ0v) is 8.10. The van der Waals surface area contributed by atoms with Crippen LogP contribution in [0, 0.1) is 0 Å². The van der Waals surface area contributed by atoms with Crippen LogP contribution in [-0.4, -0.2) is 24.6 Å². The third-order valence-corrected chi connectivity index (χ3v) is 1.68. The number of hydrogen-bond donors (Lipinski definition) is 0. The minimum Gasteiger partial charge on any atom is -0.265 e. The molecule has 0 aliphatic rings. The van der Waals surface area contributed by atoms with Crippen LogP contribution in [0.1, 0.15) is 0 Å². The third kappa shape index (κ3) is 4.43. The van der Waals surface area contributed by atoms with Crippen LogP contribution in [0.3, 0.4) is 0 Å². The van der Waals surface area contributed by atoms with Crippen molar-refractivity contribution in [2.45, 2.75) is 24.6 Å². The van der Waals surface area contributed by atoms with Crippen molar-refractivity contribution in [1.29, 1.82) is 0 Å². The second kappa shape index (κ2) is 4.73. The van der Waals surface area contributed by atoms with Crippen molar-refractivity contribution in [1.82, 2.24) is 0 Å². The van der Waals surface area contributed by atoms with Gasteiger partial charge < -0.3 is 0 Å². The summed E-state index contributed by atoms with van der Waals surface area (Å²) >= 11 is 0. The van der Waals surface area contributed by atoms with Gasteiger partial charge in [-0.25, -0.2) is 0 Å². The fourth-order valence-corrected chi connectivity index (χ4v) is 0.724. The van der Waals surface area contributed by atoms with E-state index in [0.29, 0.717) is 0 Å². The Kier molecular flexibility index (Phi) is 4.63. The molecule has 17 heavy (non-hydrogen) atoms. The van der Waals surface area contributed by atoms with Gasteiger partial charge in [-0.2, -0.15) is 43.9 Å². The van der Waals surface area contributed by atoms with Crippen molar-refractivity contribution >= 4 is 9.03 Å². The minimum absolute atomic E-state index is 2.49. The lowest BCUT2D eigenvalue weighted by atomic mass is 10.6. The van der Waals surface area contributed by atoms with Crippen molar-refractivity contribution in [3.05, 3.63) is 0 Å². The van der Waals surface area contributed by atoms with Gasteiger partial charge in [-0.05, 0) is 0 Å². The summed E-state index contributed by atoms with van der Waals surface area (Å²) in [7, 11) is -2.86. The maximum absolute atomic E-state index is 11.9. The molecule has 0 unspecified atom stereocenters. The number of rotatable bonds is 4. The van der Waals surface area contributed by atoms with Gasteiger partial charge in [0.1, 0.15) is 0 Å². The van der Waals surface area contributed by atoms with Gasteiger partial charge in [-0.3, -0.25) is 9.05 Å². The third-order valence-electron chi connectivity index (χ3n) is 1.000. The van der Waals surface area contributed by atoms with Crippen LogP contribution in [0.4, 0.5) is 43.9 Å². The van der Waals surface area contributed by atoms with Gasteiger partial charge in [0.25, 0.3) is 0 Å². The van der Waals surface area contributed by atoms with Crippen LogP contribution >= 0.6 is 9.03 Å². The van der Waals surface area contributed by atoms with E-state index < -0.39 is 33.6 Å². The van der Waals surface area contributed by atoms with Crippen molar-refractivity contribution < 1.29 is 53.0 Å². The van der Waals surface area contributed by atoms with E-state index in [4.69, 9.17) is 0 Å². The van der Waals surface area contributed by atoms with Crippen LogP contribution in [0.25, 0.3) is 0 Å². The highest BCUT2D eigenvalue weighted by atomic mass is 31.1. The molecular weight excluding hydrogens is 301 g/mol. The van der Waals surface area contributed by atoms with Gasteiger partial charge in [0.05, 0.1) is 0 Å². The number of alkyl halides is 10. The van der Waals surface area contributed by atoms with Crippen molar-refractivity contribution in [2.24, 2.45) is 0 Å². The predicted octanol–water partition coefficient (Wildman–Crippen LogP) is 3.84. The maximum atomic E-state index is 11.9. The highest BCUT2D eigenvalue weighted by Gasteiger charge is 2.62. The minimum atomic E-state index is -6.25. The first-order valence-corrected chi connectivity index (χ1v) is 4.02. The summed E-state index contributed by atoms with van der Waals surface area (Å²) in [5.74, 6) is 0. The van der Waals surface area contributed by atoms with E-state index in [9.17, 15) is 43.9 Å². The van der Waals surface area contributed by atoms with E-state index in [1.165, 1.54) is 0 Å². The Morgan fingerprint density at radius 2 is 0.765 bits per heavy atom. The zero-order chi connectivity index (χ0) is 14.1. The first-order valence-electron chi connectivity index (χ1n) is 3.21. The number of hydrogen-bond acceptors (Lipinski definition) is 2. The Bertz CT molecular complexity index is 230. The van der Waals surface area contributed by atoms with E-state index in [-0.39, 0.29) is 0 Å². The van der Waals surface area contributed by atoms with E-state index in [2.05, 4.69) is 9.05 Å². The first kappa shape index (κ1) is 16.6. The smallest absolute Gasteiger partial charge is 0.265 e. The molecule has 13 heteroatoms. The second-order valence-corrected chi connectivity index (χ2v) is 2.89. The van der Waals surface area contributed by atoms with E-state index in [1.807, 2.05) is 0 Å². The van der Waals surface area contributed by atoms with Crippen molar-refractivity contribution in [3.63, 3.8) is 0 Å². The topological polar surface area (TPSA) is 18.5 Å². The lowest BCUT2D eigenvalue weighted by Gasteiger charge is -2.22. The molecule has 0 saturated carbocycles. The van der Waals surface area contributed by atoms with Gasteiger partial charge in [0, 0.05) is 0 Å². The summed E-state index contributed by atoms with van der Waals surface area (Å²) in [4.78, 5) is 0. The largest absolute Gasteiger partial charge is 0.483 e. The summed E-state index contributed by atoms with van der Waals surface area (Å²) in [6, 6.07) is 0. The summed E-state index contributed by atoms with van der Waals surface area (Å²) < 4.78 is 121. The van der Waals surface area contributed by atoms with E-state index in [0.717, 1.165) is 0 Å². The maximum Gasteiger partial charge on any atom is 0.483 e. The molecule has 0 radical (unpaired) electrons. The molecule has 0 atom stereocenters. The molecule has 2 nitrogen and oxygen atoms in total. The quantitative estimate of drug-likeness (QED) is 0.580. The Balaban J connectivity index is 4.36. The Morgan fingerprint density at radius 1 is 0.529 bits per heavy atom. The molecule has 0 aliphatic carbocycles. The Labute approximate surface area is 87.8 Å². The monoisotopic (exact) mass is 302 g/mol. The molecule has 0 spiro atoms. The summed E-state index contributed by atoms with van der Waals surface area (Å²) in [5.41, 5.74) is 0.